The van der Waals surface area contributed by atoms with Gasteiger partial charge in [0, 0.05) is 24.2 Å². The van der Waals surface area contributed by atoms with Gasteiger partial charge in [0.2, 0.25) is 11.8 Å². The molecule has 252 valence electrons. The molecule has 2 saturated carbocycles. The third-order valence-corrected chi connectivity index (χ3v) is 8.83. The van der Waals surface area contributed by atoms with Crippen molar-refractivity contribution in [3.05, 3.63) is 71.8 Å². The minimum Gasteiger partial charge on any atom is -0.369 e. The van der Waals surface area contributed by atoms with Gasteiger partial charge in [0.25, 0.3) is 0 Å². The van der Waals surface area contributed by atoms with Crippen molar-refractivity contribution in [2.24, 2.45) is 11.8 Å². The fraction of sp³-hybridized carbons (Fsp3) is 0.632. The SMILES string of the molecule is CC(C)(C)N[C@@H]1CO[C@@H](c2ccccc2)CN(CC2CC2)C1=O.CC(C)(C)N[C@@H]1CO[C@@H](c2ccccc2)CN(CC2CC2)C1=O. The molecule has 4 fully saturated rings. The van der Waals surface area contributed by atoms with Crippen molar-refractivity contribution >= 4 is 11.8 Å². The molecule has 2 aliphatic carbocycles. The molecule has 46 heavy (non-hydrogen) atoms. The Balaban J connectivity index is 0.000000181. The zero-order valence-corrected chi connectivity index (χ0v) is 28.8. The summed E-state index contributed by atoms with van der Waals surface area (Å²) in [6.45, 7) is 16.4. The maximum absolute atomic E-state index is 12.9. The van der Waals surface area contributed by atoms with Gasteiger partial charge in [-0.3, -0.25) is 20.2 Å². The van der Waals surface area contributed by atoms with Crippen LogP contribution in [-0.2, 0) is 19.1 Å². The molecule has 2 aromatic carbocycles. The third-order valence-electron chi connectivity index (χ3n) is 8.83. The molecule has 0 spiro atoms. The number of benzene rings is 2. The normalized spacial score (nSPS) is 26.2. The summed E-state index contributed by atoms with van der Waals surface area (Å²) in [7, 11) is 0. The highest BCUT2D eigenvalue weighted by Crippen LogP contribution is 2.33. The predicted molar refractivity (Wildman–Crippen MR) is 182 cm³/mol. The smallest absolute Gasteiger partial charge is 0.242 e. The number of carbonyl (C=O) groups excluding carboxylic acids is 2. The van der Waals surface area contributed by atoms with Crippen LogP contribution in [0.15, 0.2) is 60.7 Å². The summed E-state index contributed by atoms with van der Waals surface area (Å²) in [5.41, 5.74) is 2.08. The van der Waals surface area contributed by atoms with Crippen molar-refractivity contribution in [2.45, 2.75) is 103 Å². The monoisotopic (exact) mass is 632 g/mol. The molecule has 2 amide bonds. The number of ether oxygens (including phenoxy) is 2. The van der Waals surface area contributed by atoms with Crippen molar-refractivity contribution < 1.29 is 19.1 Å². The molecule has 4 atom stereocenters. The van der Waals surface area contributed by atoms with Crippen molar-refractivity contribution in [1.82, 2.24) is 20.4 Å². The van der Waals surface area contributed by atoms with E-state index in [4.69, 9.17) is 9.47 Å². The molecule has 8 nitrogen and oxygen atoms in total. The van der Waals surface area contributed by atoms with Gasteiger partial charge < -0.3 is 19.3 Å². The van der Waals surface area contributed by atoms with Crippen LogP contribution in [0, 0.1) is 11.8 Å². The zero-order chi connectivity index (χ0) is 32.9. The van der Waals surface area contributed by atoms with Gasteiger partial charge in [0.1, 0.15) is 24.3 Å². The van der Waals surface area contributed by atoms with Crippen molar-refractivity contribution in [3.63, 3.8) is 0 Å². The molecule has 0 unspecified atom stereocenters. The Morgan fingerprint density at radius 3 is 1.26 bits per heavy atom. The molecule has 8 heteroatoms. The Kier molecular flexibility index (Phi) is 11.2. The van der Waals surface area contributed by atoms with E-state index < -0.39 is 0 Å². The number of amides is 2. The number of nitrogens with zero attached hydrogens (tertiary/aromatic N) is 2. The van der Waals surface area contributed by atoms with Crippen LogP contribution in [0.5, 0.6) is 0 Å². The van der Waals surface area contributed by atoms with E-state index in [0.29, 0.717) is 38.1 Å². The molecular weight excluding hydrogens is 576 g/mol. The first-order valence-corrected chi connectivity index (χ1v) is 17.3. The first-order valence-electron chi connectivity index (χ1n) is 17.3. The van der Waals surface area contributed by atoms with Gasteiger partial charge in [0.05, 0.1) is 26.3 Å². The van der Waals surface area contributed by atoms with Gasteiger partial charge in [-0.25, -0.2) is 0 Å². The Labute approximate surface area is 276 Å². The van der Waals surface area contributed by atoms with E-state index in [0.717, 1.165) is 24.2 Å². The Morgan fingerprint density at radius 1 is 0.609 bits per heavy atom. The quantitative estimate of drug-likeness (QED) is 0.400. The second-order valence-corrected chi connectivity index (χ2v) is 15.7. The van der Waals surface area contributed by atoms with E-state index in [1.807, 2.05) is 46.2 Å². The molecule has 2 aromatic rings. The van der Waals surface area contributed by atoms with Crippen LogP contribution in [0.4, 0.5) is 0 Å². The summed E-state index contributed by atoms with van der Waals surface area (Å²) in [4.78, 5) is 29.9. The highest BCUT2D eigenvalue weighted by Gasteiger charge is 2.38. The van der Waals surface area contributed by atoms with E-state index in [9.17, 15) is 9.59 Å². The van der Waals surface area contributed by atoms with Gasteiger partial charge in [-0.2, -0.15) is 0 Å². The maximum Gasteiger partial charge on any atom is 0.242 e. The maximum atomic E-state index is 12.9. The molecule has 2 aliphatic heterocycles. The molecule has 6 rings (SSSR count). The Morgan fingerprint density at radius 2 is 0.957 bits per heavy atom. The lowest BCUT2D eigenvalue weighted by Crippen LogP contribution is -2.53. The van der Waals surface area contributed by atoms with Crippen molar-refractivity contribution in [2.75, 3.05) is 39.4 Å². The Hall–Kier alpha value is -2.78. The highest BCUT2D eigenvalue weighted by molar-refractivity contribution is 5.83. The standard InChI is InChI=1S/2C19H28N2O2/c2*1-19(2,3)20-16-13-23-17(15-7-5-4-6-8-15)12-21(18(16)22)11-14-9-10-14/h2*4-8,14,16-17,20H,9-13H2,1-3H3/t2*16-,17-/m11/s1. The lowest BCUT2D eigenvalue weighted by atomic mass is 10.1. The molecule has 2 saturated heterocycles. The Bertz CT molecular complexity index is 1170. The fourth-order valence-electron chi connectivity index (χ4n) is 6.24. The largest absolute Gasteiger partial charge is 0.369 e. The van der Waals surface area contributed by atoms with Gasteiger partial charge >= 0.3 is 0 Å². The molecule has 0 aromatic heterocycles. The van der Waals surface area contributed by atoms with Crippen LogP contribution >= 0.6 is 0 Å². The van der Waals surface area contributed by atoms with Crippen LogP contribution in [0.2, 0.25) is 0 Å². The number of hydrogen-bond donors (Lipinski definition) is 2. The summed E-state index contributed by atoms with van der Waals surface area (Å²) in [5, 5.41) is 6.85. The van der Waals surface area contributed by atoms with E-state index in [1.54, 1.807) is 0 Å². The van der Waals surface area contributed by atoms with Gasteiger partial charge in [0.15, 0.2) is 0 Å². The van der Waals surface area contributed by atoms with E-state index >= 15 is 0 Å². The molecule has 0 bridgehead atoms. The van der Waals surface area contributed by atoms with Crippen LogP contribution in [0.1, 0.15) is 90.6 Å². The number of rotatable bonds is 8. The second-order valence-electron chi connectivity index (χ2n) is 15.7. The predicted octanol–water partition coefficient (Wildman–Crippen LogP) is 5.51. The second kappa shape index (κ2) is 15.0. The molecule has 2 heterocycles. The zero-order valence-electron chi connectivity index (χ0n) is 28.8. The minimum atomic E-state index is -0.262. The summed E-state index contributed by atoms with van der Waals surface area (Å²) in [5.74, 6) is 1.74. The molecular formula is C38H56N4O4. The molecule has 0 radical (unpaired) electrons. The van der Waals surface area contributed by atoms with Crippen LogP contribution in [0.25, 0.3) is 0 Å². The van der Waals surface area contributed by atoms with Crippen LogP contribution < -0.4 is 10.6 Å². The van der Waals surface area contributed by atoms with E-state index in [2.05, 4.69) is 76.4 Å². The summed E-state index contributed by atoms with van der Waals surface area (Å²) < 4.78 is 12.3. The first kappa shape index (κ1) is 34.6. The number of hydrogen-bond acceptors (Lipinski definition) is 6. The fourth-order valence-corrected chi connectivity index (χ4v) is 6.24. The first-order chi connectivity index (χ1) is 21.8. The topological polar surface area (TPSA) is 83.1 Å². The summed E-state index contributed by atoms with van der Waals surface area (Å²) in [6.07, 6.45) is 4.92. The van der Waals surface area contributed by atoms with Crippen molar-refractivity contribution in [3.8, 4) is 0 Å². The van der Waals surface area contributed by atoms with E-state index in [1.165, 1.54) is 25.7 Å². The van der Waals surface area contributed by atoms with Gasteiger partial charge in [-0.05, 0) is 90.2 Å². The van der Waals surface area contributed by atoms with E-state index in [-0.39, 0.29) is 47.2 Å². The number of carbonyl (C=O) groups is 2. The third kappa shape index (κ3) is 10.6. The average Bonchev–Trinajstić information content (AvgIpc) is 3.93. The summed E-state index contributed by atoms with van der Waals surface area (Å²) >= 11 is 0. The minimum absolute atomic E-state index is 0.0364. The lowest BCUT2D eigenvalue weighted by Gasteiger charge is -2.29. The van der Waals surface area contributed by atoms with Gasteiger partial charge in [-0.1, -0.05) is 60.7 Å². The van der Waals surface area contributed by atoms with Crippen LogP contribution in [-0.4, -0.2) is 84.2 Å². The van der Waals surface area contributed by atoms with Gasteiger partial charge in [-0.15, -0.1) is 0 Å². The number of nitrogens with one attached hydrogen (secondary N) is 2. The average molecular weight is 633 g/mol. The lowest BCUT2D eigenvalue weighted by molar-refractivity contribution is -0.134. The summed E-state index contributed by atoms with van der Waals surface area (Å²) in [6, 6.07) is 20.0. The van der Waals surface area contributed by atoms with Crippen molar-refractivity contribution in [1.29, 1.82) is 0 Å². The molecule has 4 aliphatic rings. The highest BCUT2D eigenvalue weighted by atomic mass is 16.5. The van der Waals surface area contributed by atoms with Crippen LogP contribution in [0.3, 0.4) is 0 Å². The molecule has 2 N–H and O–H groups in total.